The van der Waals surface area contributed by atoms with E-state index in [1.165, 1.54) is 10.9 Å². The van der Waals surface area contributed by atoms with E-state index < -0.39 is 0 Å². The third kappa shape index (κ3) is 2.65. The molecule has 2 N–H and O–H groups in total. The summed E-state index contributed by atoms with van der Waals surface area (Å²) in [6, 6.07) is 18.6. The number of nitrogens with one attached hydrogen (secondary N) is 2. The minimum atomic E-state index is 0.463. The highest BCUT2D eigenvalue weighted by atomic mass is 14.9. The normalized spacial score (nSPS) is 10.3. The second-order valence-corrected chi connectivity index (χ2v) is 4.78. The van der Waals surface area contributed by atoms with Crippen LogP contribution in [-0.2, 0) is 13.0 Å². The number of nitriles is 1. The number of fused-ring (bicyclic) bond motifs is 1. The Labute approximate surface area is 117 Å². The Morgan fingerprint density at radius 3 is 2.60 bits per heavy atom. The molecule has 0 atom stereocenters. The van der Waals surface area contributed by atoms with Crippen LogP contribution in [0, 0.1) is 11.3 Å². The Balaban J connectivity index is 1.67. The lowest BCUT2D eigenvalue weighted by Gasteiger charge is -2.07. The van der Waals surface area contributed by atoms with Crippen LogP contribution < -0.4 is 5.32 Å². The quantitative estimate of drug-likeness (QED) is 0.749. The van der Waals surface area contributed by atoms with Crippen molar-refractivity contribution in [2.75, 3.05) is 5.32 Å². The van der Waals surface area contributed by atoms with E-state index in [9.17, 15) is 0 Å². The summed E-state index contributed by atoms with van der Waals surface area (Å²) in [5.41, 5.74) is 4.53. The van der Waals surface area contributed by atoms with Crippen LogP contribution in [0.15, 0.2) is 54.7 Å². The molecule has 3 rings (SSSR count). The summed E-state index contributed by atoms with van der Waals surface area (Å²) >= 11 is 0. The van der Waals surface area contributed by atoms with Crippen molar-refractivity contribution in [3.63, 3.8) is 0 Å². The summed E-state index contributed by atoms with van der Waals surface area (Å²) in [6.45, 7) is 0.790. The molecule has 20 heavy (non-hydrogen) atoms. The topological polar surface area (TPSA) is 51.6 Å². The Morgan fingerprint density at radius 1 is 1.00 bits per heavy atom. The second-order valence-electron chi connectivity index (χ2n) is 4.78. The largest absolute Gasteiger partial charge is 0.381 e. The van der Waals surface area contributed by atoms with Crippen molar-refractivity contribution in [2.45, 2.75) is 13.0 Å². The molecule has 3 nitrogen and oxygen atoms in total. The molecule has 1 aromatic heterocycles. The van der Waals surface area contributed by atoms with Crippen molar-refractivity contribution in [3.8, 4) is 6.07 Å². The minimum absolute atomic E-state index is 0.463. The van der Waals surface area contributed by atoms with Gasteiger partial charge in [0.25, 0.3) is 0 Å². The first-order valence-corrected chi connectivity index (χ1v) is 6.61. The zero-order valence-corrected chi connectivity index (χ0v) is 11.1. The van der Waals surface area contributed by atoms with E-state index in [4.69, 9.17) is 5.26 Å². The van der Waals surface area contributed by atoms with Gasteiger partial charge in [-0.15, -0.1) is 0 Å². The number of anilines is 1. The molecule has 0 unspecified atom stereocenters. The molecule has 0 spiro atoms. The molecule has 0 amide bonds. The van der Waals surface area contributed by atoms with Gasteiger partial charge in [-0.3, -0.25) is 0 Å². The predicted octanol–water partition coefficient (Wildman–Crippen LogP) is 3.85. The van der Waals surface area contributed by atoms with E-state index >= 15 is 0 Å². The summed E-state index contributed by atoms with van der Waals surface area (Å²) in [5.74, 6) is 0. The number of nitrogens with zero attached hydrogens (tertiary/aromatic N) is 1. The van der Waals surface area contributed by atoms with E-state index in [1.807, 2.05) is 30.5 Å². The molecule has 0 saturated carbocycles. The zero-order valence-electron chi connectivity index (χ0n) is 11.1. The Hall–Kier alpha value is -2.73. The van der Waals surface area contributed by atoms with Gasteiger partial charge in [-0.1, -0.05) is 18.2 Å². The second kappa shape index (κ2) is 5.50. The lowest BCUT2D eigenvalue weighted by atomic mass is 10.1. The molecule has 3 aromatic rings. The summed E-state index contributed by atoms with van der Waals surface area (Å²) in [4.78, 5) is 3.19. The summed E-state index contributed by atoms with van der Waals surface area (Å²) in [5, 5.41) is 13.3. The Bertz CT molecular complexity index is 748. The number of aromatic amines is 1. The van der Waals surface area contributed by atoms with E-state index in [2.05, 4.69) is 40.6 Å². The number of benzene rings is 2. The van der Waals surface area contributed by atoms with Gasteiger partial charge in [0.1, 0.15) is 0 Å². The van der Waals surface area contributed by atoms with E-state index in [1.54, 1.807) is 0 Å². The van der Waals surface area contributed by atoms with E-state index in [0.717, 1.165) is 23.3 Å². The van der Waals surface area contributed by atoms with Gasteiger partial charge in [-0.05, 0) is 46.8 Å². The molecule has 0 fully saturated rings. The van der Waals surface area contributed by atoms with Gasteiger partial charge in [0, 0.05) is 23.9 Å². The van der Waals surface area contributed by atoms with Crippen LogP contribution in [0.5, 0.6) is 0 Å². The zero-order chi connectivity index (χ0) is 13.8. The Kier molecular flexibility index (Phi) is 3.38. The average molecular weight is 261 g/mol. The molecule has 98 valence electrons. The number of rotatable bonds is 4. The van der Waals surface area contributed by atoms with Gasteiger partial charge in [0.05, 0.1) is 12.5 Å². The van der Waals surface area contributed by atoms with Gasteiger partial charge < -0.3 is 10.3 Å². The van der Waals surface area contributed by atoms with E-state index in [0.29, 0.717) is 6.42 Å². The van der Waals surface area contributed by atoms with Gasteiger partial charge >= 0.3 is 0 Å². The highest BCUT2D eigenvalue weighted by Gasteiger charge is 1.98. The third-order valence-corrected chi connectivity index (χ3v) is 3.35. The van der Waals surface area contributed by atoms with Crippen LogP contribution in [0.2, 0.25) is 0 Å². The summed E-state index contributed by atoms with van der Waals surface area (Å²) in [6.07, 6.45) is 2.42. The third-order valence-electron chi connectivity index (χ3n) is 3.35. The minimum Gasteiger partial charge on any atom is -0.381 e. The van der Waals surface area contributed by atoms with Crippen LogP contribution in [0.4, 0.5) is 5.69 Å². The fraction of sp³-hybridized carbons (Fsp3) is 0.118. The van der Waals surface area contributed by atoms with Crippen molar-refractivity contribution < 1.29 is 0 Å². The maximum atomic E-state index is 8.64. The van der Waals surface area contributed by atoms with Crippen LogP contribution in [0.3, 0.4) is 0 Å². The fourth-order valence-electron chi connectivity index (χ4n) is 2.25. The maximum Gasteiger partial charge on any atom is 0.0669 e. The van der Waals surface area contributed by atoms with Crippen molar-refractivity contribution >= 4 is 16.6 Å². The maximum absolute atomic E-state index is 8.64. The van der Waals surface area contributed by atoms with Gasteiger partial charge in [0.15, 0.2) is 0 Å². The molecular weight excluding hydrogens is 246 g/mol. The predicted molar refractivity (Wildman–Crippen MR) is 81.4 cm³/mol. The average Bonchev–Trinajstić information content (AvgIpc) is 2.94. The van der Waals surface area contributed by atoms with Crippen molar-refractivity contribution in [3.05, 3.63) is 65.9 Å². The molecule has 0 bridgehead atoms. The highest BCUT2D eigenvalue weighted by molar-refractivity contribution is 5.79. The summed E-state index contributed by atoms with van der Waals surface area (Å²) < 4.78 is 0. The smallest absolute Gasteiger partial charge is 0.0669 e. The standard InChI is InChI=1S/C17H15N3/c18-9-7-13-1-4-16(5-2-13)20-12-14-3-6-17-15(11-14)8-10-19-17/h1-6,8,10-11,19-20H,7,12H2. The SMILES string of the molecule is N#CCc1ccc(NCc2ccc3[nH]ccc3c2)cc1. The number of hydrogen-bond acceptors (Lipinski definition) is 2. The monoisotopic (exact) mass is 261 g/mol. The fourth-order valence-corrected chi connectivity index (χ4v) is 2.25. The first-order chi connectivity index (χ1) is 9.85. The number of aromatic nitrogens is 1. The first-order valence-electron chi connectivity index (χ1n) is 6.61. The van der Waals surface area contributed by atoms with Gasteiger partial charge in [0.2, 0.25) is 0 Å². The molecular formula is C17H15N3. The molecule has 0 saturated heterocycles. The molecule has 0 aliphatic heterocycles. The lowest BCUT2D eigenvalue weighted by molar-refractivity contribution is 1.15. The summed E-state index contributed by atoms with van der Waals surface area (Å²) in [7, 11) is 0. The number of hydrogen-bond donors (Lipinski definition) is 2. The highest BCUT2D eigenvalue weighted by Crippen LogP contribution is 2.16. The van der Waals surface area contributed by atoms with Crippen LogP contribution in [-0.4, -0.2) is 4.98 Å². The van der Waals surface area contributed by atoms with Crippen LogP contribution >= 0.6 is 0 Å². The van der Waals surface area contributed by atoms with Crippen LogP contribution in [0.1, 0.15) is 11.1 Å². The van der Waals surface area contributed by atoms with Crippen molar-refractivity contribution in [1.29, 1.82) is 5.26 Å². The first kappa shape index (κ1) is 12.3. The molecule has 1 heterocycles. The van der Waals surface area contributed by atoms with E-state index in [-0.39, 0.29) is 0 Å². The number of H-pyrrole nitrogens is 1. The van der Waals surface area contributed by atoms with Gasteiger partial charge in [-0.2, -0.15) is 5.26 Å². The molecule has 3 heteroatoms. The van der Waals surface area contributed by atoms with Crippen LogP contribution in [0.25, 0.3) is 10.9 Å². The molecule has 0 aliphatic carbocycles. The molecule has 0 radical (unpaired) electrons. The van der Waals surface area contributed by atoms with Gasteiger partial charge in [-0.25, -0.2) is 0 Å². The Morgan fingerprint density at radius 2 is 1.80 bits per heavy atom. The molecule has 0 aliphatic rings. The lowest BCUT2D eigenvalue weighted by Crippen LogP contribution is -1.99. The van der Waals surface area contributed by atoms with Crippen molar-refractivity contribution in [2.24, 2.45) is 0 Å². The van der Waals surface area contributed by atoms with Crippen molar-refractivity contribution in [1.82, 2.24) is 4.98 Å². The molecule has 2 aromatic carbocycles.